The standard InChI is InChI=1S/C21H28N2O4S/c1-15-8-7-11-19(18(15)4)27-13-12-22-20(24)14-23(28(5,25)26)21-16(2)9-6-10-17(21)3/h6-11H,12-14H2,1-5H3,(H,22,24). The zero-order valence-electron chi connectivity index (χ0n) is 17.1. The van der Waals surface area contributed by atoms with E-state index in [1.165, 1.54) is 0 Å². The molecule has 1 amide bonds. The van der Waals surface area contributed by atoms with Crippen molar-refractivity contribution in [3.63, 3.8) is 0 Å². The van der Waals surface area contributed by atoms with Crippen LogP contribution in [0.2, 0.25) is 0 Å². The SMILES string of the molecule is Cc1cccc(OCCNC(=O)CN(c2c(C)cccc2C)S(C)(=O)=O)c1C. The summed E-state index contributed by atoms with van der Waals surface area (Å²) >= 11 is 0. The minimum Gasteiger partial charge on any atom is -0.491 e. The molecule has 0 spiro atoms. The van der Waals surface area contributed by atoms with Crippen LogP contribution in [0.5, 0.6) is 5.75 Å². The Bertz CT molecular complexity index is 935. The number of aryl methyl sites for hydroxylation is 3. The number of carbonyl (C=O) groups excluding carboxylic acids is 1. The zero-order valence-corrected chi connectivity index (χ0v) is 17.9. The molecule has 0 saturated heterocycles. The van der Waals surface area contributed by atoms with Crippen molar-refractivity contribution in [1.82, 2.24) is 5.32 Å². The lowest BCUT2D eigenvalue weighted by atomic mass is 10.1. The summed E-state index contributed by atoms with van der Waals surface area (Å²) in [7, 11) is -3.60. The van der Waals surface area contributed by atoms with Crippen molar-refractivity contribution in [2.75, 3.05) is 30.3 Å². The van der Waals surface area contributed by atoms with E-state index in [1.54, 1.807) is 0 Å². The highest BCUT2D eigenvalue weighted by molar-refractivity contribution is 7.92. The van der Waals surface area contributed by atoms with Crippen molar-refractivity contribution in [3.05, 3.63) is 58.7 Å². The molecule has 1 N–H and O–H groups in total. The van der Waals surface area contributed by atoms with Gasteiger partial charge in [0.05, 0.1) is 18.5 Å². The average molecular weight is 405 g/mol. The normalized spacial score (nSPS) is 11.2. The number of anilines is 1. The fourth-order valence-electron chi connectivity index (χ4n) is 2.98. The van der Waals surface area contributed by atoms with Crippen LogP contribution in [0.25, 0.3) is 0 Å². The lowest BCUT2D eigenvalue weighted by molar-refractivity contribution is -0.119. The van der Waals surface area contributed by atoms with Crippen molar-refractivity contribution < 1.29 is 17.9 Å². The molecule has 0 heterocycles. The summed E-state index contributed by atoms with van der Waals surface area (Å²) in [6.45, 7) is 7.98. The average Bonchev–Trinajstić information content (AvgIpc) is 2.60. The lowest BCUT2D eigenvalue weighted by Gasteiger charge is -2.25. The molecule has 0 unspecified atom stereocenters. The molecular weight excluding hydrogens is 376 g/mol. The summed E-state index contributed by atoms with van der Waals surface area (Å²) in [5.41, 5.74) is 4.35. The molecule has 0 fully saturated rings. The van der Waals surface area contributed by atoms with E-state index in [0.29, 0.717) is 12.3 Å². The van der Waals surface area contributed by atoms with Crippen LogP contribution in [0.1, 0.15) is 22.3 Å². The van der Waals surface area contributed by atoms with Crippen LogP contribution in [0.15, 0.2) is 36.4 Å². The van der Waals surface area contributed by atoms with E-state index in [-0.39, 0.29) is 19.0 Å². The van der Waals surface area contributed by atoms with Gasteiger partial charge in [-0.15, -0.1) is 0 Å². The first-order chi connectivity index (χ1) is 13.1. The number of carbonyl (C=O) groups is 1. The van der Waals surface area contributed by atoms with Gasteiger partial charge in [0.2, 0.25) is 15.9 Å². The number of nitrogens with one attached hydrogen (secondary N) is 1. The third-order valence-electron chi connectivity index (χ3n) is 4.61. The van der Waals surface area contributed by atoms with Crippen molar-refractivity contribution in [3.8, 4) is 5.75 Å². The van der Waals surface area contributed by atoms with Gasteiger partial charge >= 0.3 is 0 Å². The van der Waals surface area contributed by atoms with Crippen LogP contribution in [0, 0.1) is 27.7 Å². The number of para-hydroxylation sites is 1. The highest BCUT2D eigenvalue weighted by Crippen LogP contribution is 2.26. The van der Waals surface area contributed by atoms with Crippen LogP contribution < -0.4 is 14.4 Å². The van der Waals surface area contributed by atoms with Crippen LogP contribution in [-0.4, -0.2) is 40.3 Å². The van der Waals surface area contributed by atoms with E-state index in [4.69, 9.17) is 4.74 Å². The Balaban J connectivity index is 1.98. The number of ether oxygens (including phenoxy) is 1. The van der Waals surface area contributed by atoms with E-state index in [9.17, 15) is 13.2 Å². The molecule has 28 heavy (non-hydrogen) atoms. The molecule has 0 aliphatic carbocycles. The topological polar surface area (TPSA) is 75.7 Å². The van der Waals surface area contributed by atoms with Gasteiger partial charge in [-0.1, -0.05) is 30.3 Å². The van der Waals surface area contributed by atoms with Crippen LogP contribution in [0.4, 0.5) is 5.69 Å². The van der Waals surface area contributed by atoms with E-state index in [0.717, 1.165) is 38.6 Å². The van der Waals surface area contributed by atoms with E-state index in [2.05, 4.69) is 5.32 Å². The Kier molecular flexibility index (Phi) is 7.07. The van der Waals surface area contributed by atoms with Gasteiger partial charge in [-0.2, -0.15) is 0 Å². The predicted molar refractivity (Wildman–Crippen MR) is 113 cm³/mol. The highest BCUT2D eigenvalue weighted by Gasteiger charge is 2.23. The smallest absolute Gasteiger partial charge is 0.240 e. The van der Waals surface area contributed by atoms with Crippen molar-refractivity contribution in [1.29, 1.82) is 0 Å². The second kappa shape index (κ2) is 9.10. The number of sulfonamides is 1. The Hall–Kier alpha value is -2.54. The number of rotatable bonds is 8. The molecule has 7 heteroatoms. The number of nitrogens with zero attached hydrogens (tertiary/aromatic N) is 1. The Morgan fingerprint density at radius 2 is 1.57 bits per heavy atom. The maximum absolute atomic E-state index is 12.4. The van der Waals surface area contributed by atoms with Gasteiger partial charge in [-0.25, -0.2) is 8.42 Å². The predicted octanol–water partition coefficient (Wildman–Crippen LogP) is 2.88. The molecule has 2 aromatic rings. The van der Waals surface area contributed by atoms with Gasteiger partial charge in [-0.05, 0) is 56.0 Å². The maximum Gasteiger partial charge on any atom is 0.240 e. The monoisotopic (exact) mass is 404 g/mol. The van der Waals surface area contributed by atoms with Crippen LogP contribution in [0.3, 0.4) is 0 Å². The summed E-state index contributed by atoms with van der Waals surface area (Å²) in [6, 6.07) is 11.3. The van der Waals surface area contributed by atoms with Gasteiger partial charge in [0.25, 0.3) is 0 Å². The highest BCUT2D eigenvalue weighted by atomic mass is 32.2. The van der Waals surface area contributed by atoms with E-state index >= 15 is 0 Å². The van der Waals surface area contributed by atoms with E-state index in [1.807, 2.05) is 64.1 Å². The summed E-state index contributed by atoms with van der Waals surface area (Å²) in [6.07, 6.45) is 1.11. The maximum atomic E-state index is 12.4. The quantitative estimate of drug-likeness (QED) is 0.687. The second-order valence-corrected chi connectivity index (χ2v) is 8.81. The number of hydrogen-bond acceptors (Lipinski definition) is 4. The van der Waals surface area contributed by atoms with Gasteiger partial charge in [-0.3, -0.25) is 9.10 Å². The summed E-state index contributed by atoms with van der Waals surface area (Å²) in [5.74, 6) is 0.403. The first-order valence-electron chi connectivity index (χ1n) is 9.11. The molecule has 2 rings (SSSR count). The number of amides is 1. The number of hydrogen-bond donors (Lipinski definition) is 1. The first kappa shape index (κ1) is 21.8. The summed E-state index contributed by atoms with van der Waals surface area (Å²) < 4.78 is 31.4. The van der Waals surface area contributed by atoms with Crippen LogP contribution >= 0.6 is 0 Å². The third kappa shape index (κ3) is 5.48. The molecule has 152 valence electrons. The molecule has 0 aliphatic rings. The van der Waals surface area contributed by atoms with Gasteiger partial charge in [0.1, 0.15) is 18.9 Å². The van der Waals surface area contributed by atoms with Crippen molar-refractivity contribution in [2.24, 2.45) is 0 Å². The minimum atomic E-state index is -3.60. The summed E-state index contributed by atoms with van der Waals surface area (Å²) in [4.78, 5) is 12.4. The van der Waals surface area contributed by atoms with Crippen molar-refractivity contribution >= 4 is 21.6 Å². The molecule has 2 aromatic carbocycles. The fourth-order valence-corrected chi connectivity index (χ4v) is 3.95. The van der Waals surface area contributed by atoms with Gasteiger partial charge in [0.15, 0.2) is 0 Å². The third-order valence-corrected chi connectivity index (χ3v) is 5.73. The van der Waals surface area contributed by atoms with E-state index < -0.39 is 10.0 Å². The molecule has 0 aliphatic heterocycles. The minimum absolute atomic E-state index is 0.270. The zero-order chi connectivity index (χ0) is 20.9. The van der Waals surface area contributed by atoms with Gasteiger partial charge < -0.3 is 10.1 Å². The van der Waals surface area contributed by atoms with Gasteiger partial charge in [0, 0.05) is 0 Å². The first-order valence-corrected chi connectivity index (χ1v) is 11.0. The fraction of sp³-hybridized carbons (Fsp3) is 0.381. The Morgan fingerprint density at radius 1 is 1.00 bits per heavy atom. The summed E-state index contributed by atoms with van der Waals surface area (Å²) in [5, 5.41) is 2.73. The second-order valence-electron chi connectivity index (χ2n) is 6.91. The molecule has 0 bridgehead atoms. The molecule has 0 atom stereocenters. The number of benzene rings is 2. The molecule has 0 saturated carbocycles. The Morgan fingerprint density at radius 3 is 2.18 bits per heavy atom. The lowest BCUT2D eigenvalue weighted by Crippen LogP contribution is -2.42. The molecule has 0 radical (unpaired) electrons. The Labute approximate surface area is 167 Å². The molecule has 0 aromatic heterocycles. The largest absolute Gasteiger partial charge is 0.491 e. The van der Waals surface area contributed by atoms with Crippen LogP contribution in [-0.2, 0) is 14.8 Å². The molecule has 6 nitrogen and oxygen atoms in total. The molecular formula is C21H28N2O4S. The van der Waals surface area contributed by atoms with Crippen molar-refractivity contribution in [2.45, 2.75) is 27.7 Å².